The van der Waals surface area contributed by atoms with Gasteiger partial charge in [0.05, 0.1) is 12.1 Å². The van der Waals surface area contributed by atoms with Gasteiger partial charge in [0.2, 0.25) is 11.8 Å². The Labute approximate surface area is 159 Å². The van der Waals surface area contributed by atoms with Crippen LogP contribution in [0.1, 0.15) is 32.8 Å². The van der Waals surface area contributed by atoms with Crippen LogP contribution in [0.4, 0.5) is 0 Å². The Bertz CT molecular complexity index is 635. The summed E-state index contributed by atoms with van der Waals surface area (Å²) in [5, 5.41) is 24.0. The molecule has 5 atom stereocenters. The first-order valence-corrected chi connectivity index (χ1v) is 8.98. The number of aliphatic hydroxyl groups excluding tert-OH is 1. The van der Waals surface area contributed by atoms with Crippen molar-refractivity contribution in [1.29, 1.82) is 0 Å². The fourth-order valence-corrected chi connectivity index (χ4v) is 2.55. The van der Waals surface area contributed by atoms with E-state index < -0.39 is 42.0 Å². The molecule has 0 unspecified atom stereocenters. The SMILES string of the molecule is CC[C@H](C)[C@H](NC(=O)[C@@H](NC(=O)[C@@H](N)Cc1ccccc1)[C@@H](C)O)C(=O)O. The van der Waals surface area contributed by atoms with Gasteiger partial charge in [-0.25, -0.2) is 4.79 Å². The highest BCUT2D eigenvalue weighted by Gasteiger charge is 2.32. The number of rotatable bonds is 10. The predicted octanol–water partition coefficient (Wildman–Crippen LogP) is 0.0375. The van der Waals surface area contributed by atoms with Crippen LogP contribution in [0.15, 0.2) is 30.3 Å². The van der Waals surface area contributed by atoms with Crippen molar-refractivity contribution in [3.05, 3.63) is 35.9 Å². The van der Waals surface area contributed by atoms with Gasteiger partial charge in [-0.2, -0.15) is 0 Å². The second kappa shape index (κ2) is 10.6. The van der Waals surface area contributed by atoms with E-state index in [-0.39, 0.29) is 12.3 Å². The van der Waals surface area contributed by atoms with Crippen LogP contribution in [0.2, 0.25) is 0 Å². The van der Waals surface area contributed by atoms with Crippen LogP contribution < -0.4 is 16.4 Å². The average Bonchev–Trinajstić information content (AvgIpc) is 2.63. The summed E-state index contributed by atoms with van der Waals surface area (Å²) in [6, 6.07) is 5.83. The summed E-state index contributed by atoms with van der Waals surface area (Å²) < 4.78 is 0. The van der Waals surface area contributed by atoms with Crippen molar-refractivity contribution >= 4 is 17.8 Å². The van der Waals surface area contributed by atoms with Gasteiger partial charge < -0.3 is 26.6 Å². The van der Waals surface area contributed by atoms with Gasteiger partial charge in [-0.3, -0.25) is 9.59 Å². The van der Waals surface area contributed by atoms with E-state index in [4.69, 9.17) is 5.73 Å². The van der Waals surface area contributed by atoms with E-state index in [0.717, 1.165) is 5.56 Å². The number of hydrogen-bond acceptors (Lipinski definition) is 5. The minimum atomic E-state index is -1.30. The number of nitrogens with two attached hydrogens (primary N) is 1. The third kappa shape index (κ3) is 6.99. The number of carboxylic acids is 1. The standard InChI is InChI=1S/C19H29N3O5/c1-4-11(2)15(19(26)27)21-18(25)16(12(3)23)22-17(24)14(20)10-13-8-6-5-7-9-13/h5-9,11-12,14-16,23H,4,10,20H2,1-3H3,(H,21,25)(H,22,24)(H,26,27)/t11-,12+,14-,15-,16-/m0/s1. The quantitative estimate of drug-likeness (QED) is 0.388. The number of aliphatic carboxylic acids is 1. The number of carbonyl (C=O) groups is 3. The number of benzene rings is 1. The van der Waals surface area contributed by atoms with E-state index in [0.29, 0.717) is 6.42 Å². The molecule has 1 aromatic rings. The topological polar surface area (TPSA) is 142 Å². The van der Waals surface area contributed by atoms with Gasteiger partial charge in [-0.05, 0) is 24.8 Å². The van der Waals surface area contributed by atoms with Gasteiger partial charge in [-0.1, -0.05) is 50.6 Å². The summed E-state index contributed by atoms with van der Waals surface area (Å²) in [5.74, 6) is -2.85. The minimum Gasteiger partial charge on any atom is -0.480 e. The average molecular weight is 379 g/mol. The van der Waals surface area contributed by atoms with Crippen LogP contribution in [0, 0.1) is 5.92 Å². The van der Waals surface area contributed by atoms with E-state index in [1.165, 1.54) is 6.92 Å². The summed E-state index contributed by atoms with van der Waals surface area (Å²) in [7, 11) is 0. The molecule has 0 heterocycles. The lowest BCUT2D eigenvalue weighted by Gasteiger charge is -2.26. The molecule has 27 heavy (non-hydrogen) atoms. The summed E-state index contributed by atoms with van der Waals surface area (Å²) >= 11 is 0. The molecule has 0 saturated heterocycles. The Morgan fingerprint density at radius 1 is 1.04 bits per heavy atom. The summed E-state index contributed by atoms with van der Waals surface area (Å²) in [6.45, 7) is 4.85. The van der Waals surface area contributed by atoms with E-state index in [1.807, 2.05) is 37.3 Å². The van der Waals surface area contributed by atoms with Crippen molar-refractivity contribution in [3.8, 4) is 0 Å². The molecule has 0 bridgehead atoms. The molecule has 0 saturated carbocycles. The van der Waals surface area contributed by atoms with Crippen molar-refractivity contribution in [1.82, 2.24) is 10.6 Å². The highest BCUT2D eigenvalue weighted by molar-refractivity contribution is 5.92. The maximum absolute atomic E-state index is 12.4. The molecule has 2 amide bonds. The highest BCUT2D eigenvalue weighted by atomic mass is 16.4. The van der Waals surface area contributed by atoms with Crippen LogP contribution in [0.5, 0.6) is 0 Å². The van der Waals surface area contributed by atoms with Crippen LogP contribution in [0.25, 0.3) is 0 Å². The van der Waals surface area contributed by atoms with E-state index >= 15 is 0 Å². The van der Waals surface area contributed by atoms with E-state index in [2.05, 4.69) is 10.6 Å². The fourth-order valence-electron chi connectivity index (χ4n) is 2.55. The Kier molecular flexibility index (Phi) is 8.90. The molecular weight excluding hydrogens is 350 g/mol. The second-order valence-electron chi connectivity index (χ2n) is 6.73. The zero-order chi connectivity index (χ0) is 20.6. The monoisotopic (exact) mass is 379 g/mol. The molecule has 8 heteroatoms. The lowest BCUT2D eigenvalue weighted by molar-refractivity contribution is -0.144. The van der Waals surface area contributed by atoms with Gasteiger partial charge in [0.25, 0.3) is 0 Å². The molecule has 0 aromatic heterocycles. The summed E-state index contributed by atoms with van der Waals surface area (Å²) in [5.41, 5.74) is 6.76. The molecular formula is C19H29N3O5. The van der Waals surface area contributed by atoms with Crippen molar-refractivity contribution in [3.63, 3.8) is 0 Å². The molecule has 8 nitrogen and oxygen atoms in total. The Balaban J connectivity index is 2.77. The summed E-state index contributed by atoms with van der Waals surface area (Å²) in [6.07, 6.45) is -0.402. The first-order chi connectivity index (χ1) is 12.7. The van der Waals surface area contributed by atoms with Crippen molar-refractivity contribution in [2.24, 2.45) is 11.7 Å². The van der Waals surface area contributed by atoms with Crippen LogP contribution in [-0.4, -0.2) is 52.2 Å². The third-order valence-corrected chi connectivity index (χ3v) is 4.47. The number of aliphatic hydroxyl groups is 1. The molecule has 150 valence electrons. The van der Waals surface area contributed by atoms with Crippen molar-refractivity contribution < 1.29 is 24.6 Å². The smallest absolute Gasteiger partial charge is 0.326 e. The Morgan fingerprint density at radius 2 is 1.59 bits per heavy atom. The van der Waals surface area contributed by atoms with Gasteiger partial charge >= 0.3 is 5.97 Å². The number of carbonyl (C=O) groups excluding carboxylic acids is 2. The third-order valence-electron chi connectivity index (χ3n) is 4.47. The molecule has 6 N–H and O–H groups in total. The maximum atomic E-state index is 12.4. The van der Waals surface area contributed by atoms with Crippen molar-refractivity contribution in [2.75, 3.05) is 0 Å². The van der Waals surface area contributed by atoms with E-state index in [1.54, 1.807) is 6.92 Å². The second-order valence-corrected chi connectivity index (χ2v) is 6.73. The molecule has 0 fully saturated rings. The normalized spacial score (nSPS) is 16.5. The first-order valence-electron chi connectivity index (χ1n) is 8.98. The molecule has 1 aromatic carbocycles. The molecule has 0 radical (unpaired) electrons. The van der Waals surface area contributed by atoms with Gasteiger partial charge in [0.15, 0.2) is 0 Å². The maximum Gasteiger partial charge on any atom is 0.326 e. The zero-order valence-electron chi connectivity index (χ0n) is 15.9. The van der Waals surface area contributed by atoms with Crippen LogP contribution >= 0.6 is 0 Å². The number of hydrogen-bond donors (Lipinski definition) is 5. The first kappa shape index (κ1) is 22.6. The summed E-state index contributed by atoms with van der Waals surface area (Å²) in [4.78, 5) is 36.2. The molecule has 1 rings (SSSR count). The minimum absolute atomic E-state index is 0.269. The Morgan fingerprint density at radius 3 is 2.07 bits per heavy atom. The van der Waals surface area contributed by atoms with Gasteiger partial charge in [0.1, 0.15) is 12.1 Å². The number of nitrogens with one attached hydrogen (secondary N) is 2. The Hall–Kier alpha value is -2.45. The number of carboxylic acid groups (broad SMARTS) is 1. The van der Waals surface area contributed by atoms with Crippen LogP contribution in [-0.2, 0) is 20.8 Å². The number of amides is 2. The van der Waals surface area contributed by atoms with E-state index in [9.17, 15) is 24.6 Å². The highest BCUT2D eigenvalue weighted by Crippen LogP contribution is 2.09. The van der Waals surface area contributed by atoms with Crippen molar-refractivity contribution in [2.45, 2.75) is 57.8 Å². The predicted molar refractivity (Wildman–Crippen MR) is 101 cm³/mol. The van der Waals surface area contributed by atoms with Gasteiger partial charge in [-0.15, -0.1) is 0 Å². The van der Waals surface area contributed by atoms with Gasteiger partial charge in [0, 0.05) is 0 Å². The lowest BCUT2D eigenvalue weighted by atomic mass is 9.98. The zero-order valence-corrected chi connectivity index (χ0v) is 15.9. The fraction of sp³-hybridized carbons (Fsp3) is 0.526. The lowest BCUT2D eigenvalue weighted by Crippen LogP contribution is -2.59. The largest absolute Gasteiger partial charge is 0.480 e. The molecule has 0 aliphatic carbocycles. The molecule has 0 aliphatic rings. The van der Waals surface area contributed by atoms with Crippen LogP contribution in [0.3, 0.4) is 0 Å². The molecule has 0 spiro atoms. The molecule has 0 aliphatic heterocycles.